The molecule has 0 aliphatic carbocycles. The summed E-state index contributed by atoms with van der Waals surface area (Å²) in [6.07, 6.45) is 4.12. The number of anilines is 1. The minimum absolute atomic E-state index is 0.113. The monoisotopic (exact) mass is 316 g/mol. The van der Waals surface area contributed by atoms with E-state index in [0.29, 0.717) is 13.0 Å². The van der Waals surface area contributed by atoms with Crippen LogP contribution in [0.1, 0.15) is 18.4 Å². The average molecular weight is 316 g/mol. The van der Waals surface area contributed by atoms with Crippen molar-refractivity contribution in [1.29, 1.82) is 0 Å². The zero-order valence-corrected chi connectivity index (χ0v) is 13.4. The molecule has 0 radical (unpaired) electrons. The van der Waals surface area contributed by atoms with Gasteiger partial charge < -0.3 is 14.8 Å². The van der Waals surface area contributed by atoms with Crippen molar-refractivity contribution < 1.29 is 14.3 Å². The summed E-state index contributed by atoms with van der Waals surface area (Å²) in [5.41, 5.74) is 3.68. The van der Waals surface area contributed by atoms with Crippen LogP contribution in [0.15, 0.2) is 36.0 Å². The smallest absolute Gasteiger partial charge is 0.306 e. The highest BCUT2D eigenvalue weighted by atomic mass is 16.5. The maximum absolute atomic E-state index is 11.9. The summed E-state index contributed by atoms with van der Waals surface area (Å²) in [5.74, 6) is -0.113. The molecule has 23 heavy (non-hydrogen) atoms. The Morgan fingerprint density at radius 2 is 2.09 bits per heavy atom. The van der Waals surface area contributed by atoms with Crippen LogP contribution < -0.4 is 5.32 Å². The number of para-hydroxylation sites is 1. The Balaban J connectivity index is 1.34. The van der Waals surface area contributed by atoms with Gasteiger partial charge in [-0.1, -0.05) is 18.2 Å². The molecule has 2 heterocycles. The average Bonchev–Trinajstić information content (AvgIpc) is 2.61. The van der Waals surface area contributed by atoms with Gasteiger partial charge in [-0.25, -0.2) is 0 Å². The van der Waals surface area contributed by atoms with Gasteiger partial charge >= 0.3 is 5.97 Å². The Labute approximate surface area is 137 Å². The number of ether oxygens (including phenoxy) is 2. The number of carbonyl (C=O) groups excluding carboxylic acids is 1. The zero-order valence-electron chi connectivity index (χ0n) is 13.4. The zero-order chi connectivity index (χ0) is 15.9. The molecule has 5 heteroatoms. The van der Waals surface area contributed by atoms with Crippen molar-refractivity contribution in [2.45, 2.75) is 19.3 Å². The summed E-state index contributed by atoms with van der Waals surface area (Å²) in [5, 5.41) is 3.29. The first-order valence-electron chi connectivity index (χ1n) is 8.29. The quantitative estimate of drug-likeness (QED) is 0.815. The second kappa shape index (κ2) is 8.13. The molecular formula is C18H24N2O3. The van der Waals surface area contributed by atoms with Crippen molar-refractivity contribution in [3.63, 3.8) is 0 Å². The van der Waals surface area contributed by atoms with E-state index in [2.05, 4.69) is 22.3 Å². The number of rotatable bonds is 6. The van der Waals surface area contributed by atoms with Crippen molar-refractivity contribution in [2.75, 3.05) is 44.8 Å². The Hall–Kier alpha value is -1.85. The van der Waals surface area contributed by atoms with Crippen LogP contribution in [0.5, 0.6) is 0 Å². The van der Waals surface area contributed by atoms with E-state index >= 15 is 0 Å². The van der Waals surface area contributed by atoms with Gasteiger partial charge in [0.1, 0.15) is 6.61 Å². The fourth-order valence-corrected chi connectivity index (χ4v) is 2.90. The van der Waals surface area contributed by atoms with Crippen molar-refractivity contribution >= 4 is 11.7 Å². The Morgan fingerprint density at radius 1 is 1.26 bits per heavy atom. The van der Waals surface area contributed by atoms with Crippen LogP contribution in [0.4, 0.5) is 5.69 Å². The number of fused-ring (bicyclic) bond motifs is 1. The van der Waals surface area contributed by atoms with E-state index in [1.165, 1.54) is 11.1 Å². The minimum Gasteiger partial charge on any atom is -0.464 e. The third kappa shape index (κ3) is 4.81. The largest absolute Gasteiger partial charge is 0.464 e. The van der Waals surface area contributed by atoms with Crippen molar-refractivity contribution in [1.82, 2.24) is 4.90 Å². The van der Waals surface area contributed by atoms with E-state index in [-0.39, 0.29) is 5.97 Å². The number of allylic oxidation sites excluding steroid dienone is 1. The number of benzene rings is 1. The van der Waals surface area contributed by atoms with Gasteiger partial charge in [-0.05, 0) is 30.0 Å². The third-order valence-electron chi connectivity index (χ3n) is 4.29. The summed E-state index contributed by atoms with van der Waals surface area (Å²) >= 11 is 0. The van der Waals surface area contributed by atoms with E-state index in [1.54, 1.807) is 0 Å². The van der Waals surface area contributed by atoms with Gasteiger partial charge in [-0.3, -0.25) is 9.69 Å². The molecule has 1 fully saturated rings. The number of morpholine rings is 1. The van der Waals surface area contributed by atoms with Gasteiger partial charge in [0.2, 0.25) is 0 Å². The van der Waals surface area contributed by atoms with Crippen LogP contribution in [0.3, 0.4) is 0 Å². The van der Waals surface area contributed by atoms with E-state index in [9.17, 15) is 4.79 Å². The molecule has 0 spiro atoms. The third-order valence-corrected chi connectivity index (χ3v) is 4.29. The SMILES string of the molecule is O=C(CCC1=CNc2ccccc2C1)OCCN1CCOCC1. The molecule has 0 amide bonds. The second-order valence-electron chi connectivity index (χ2n) is 5.96. The lowest BCUT2D eigenvalue weighted by molar-refractivity contribution is -0.144. The summed E-state index contributed by atoms with van der Waals surface area (Å²) in [7, 11) is 0. The molecular weight excluding hydrogens is 292 g/mol. The predicted molar refractivity (Wildman–Crippen MR) is 89.3 cm³/mol. The minimum atomic E-state index is -0.113. The Kier molecular flexibility index (Phi) is 5.66. The molecule has 2 aliphatic rings. The molecule has 1 aromatic carbocycles. The molecule has 0 bridgehead atoms. The molecule has 1 aromatic rings. The number of esters is 1. The highest BCUT2D eigenvalue weighted by molar-refractivity contribution is 5.70. The van der Waals surface area contributed by atoms with Gasteiger partial charge in [-0.2, -0.15) is 0 Å². The molecule has 0 saturated carbocycles. The van der Waals surface area contributed by atoms with Gasteiger partial charge in [0.05, 0.1) is 13.2 Å². The van der Waals surface area contributed by atoms with Gasteiger partial charge in [0, 0.05) is 37.9 Å². The number of nitrogens with one attached hydrogen (secondary N) is 1. The molecule has 5 nitrogen and oxygen atoms in total. The van der Waals surface area contributed by atoms with E-state index < -0.39 is 0 Å². The van der Waals surface area contributed by atoms with Crippen molar-refractivity contribution in [2.24, 2.45) is 0 Å². The van der Waals surface area contributed by atoms with Crippen LogP contribution in [-0.4, -0.2) is 50.3 Å². The molecule has 0 atom stereocenters. The van der Waals surface area contributed by atoms with E-state index in [4.69, 9.17) is 9.47 Å². The molecule has 124 valence electrons. The normalized spacial score (nSPS) is 17.8. The number of hydrogen-bond acceptors (Lipinski definition) is 5. The van der Waals surface area contributed by atoms with Crippen LogP contribution >= 0.6 is 0 Å². The number of hydrogen-bond donors (Lipinski definition) is 1. The first-order valence-corrected chi connectivity index (χ1v) is 8.29. The van der Waals surface area contributed by atoms with Crippen LogP contribution in [0, 0.1) is 0 Å². The maximum atomic E-state index is 11.9. The summed E-state index contributed by atoms with van der Waals surface area (Å²) in [4.78, 5) is 14.1. The van der Waals surface area contributed by atoms with Crippen LogP contribution in [0.2, 0.25) is 0 Å². The summed E-state index contributed by atoms with van der Waals surface area (Å²) in [6.45, 7) is 4.67. The van der Waals surface area contributed by atoms with Crippen LogP contribution in [0.25, 0.3) is 0 Å². The summed E-state index contributed by atoms with van der Waals surface area (Å²) in [6, 6.07) is 8.26. The van der Waals surface area contributed by atoms with E-state index in [0.717, 1.165) is 51.4 Å². The van der Waals surface area contributed by atoms with Gasteiger partial charge in [0.25, 0.3) is 0 Å². The first kappa shape index (κ1) is 16.0. The fraction of sp³-hybridized carbons (Fsp3) is 0.500. The molecule has 0 unspecified atom stereocenters. The lowest BCUT2D eigenvalue weighted by Crippen LogP contribution is -2.38. The lowest BCUT2D eigenvalue weighted by atomic mass is 9.98. The molecule has 0 aromatic heterocycles. The highest BCUT2D eigenvalue weighted by Crippen LogP contribution is 2.25. The van der Waals surface area contributed by atoms with Gasteiger partial charge in [-0.15, -0.1) is 0 Å². The van der Waals surface area contributed by atoms with Crippen molar-refractivity contribution in [3.05, 3.63) is 41.6 Å². The Morgan fingerprint density at radius 3 is 2.96 bits per heavy atom. The Bertz CT molecular complexity index is 565. The van der Waals surface area contributed by atoms with Crippen molar-refractivity contribution in [3.8, 4) is 0 Å². The lowest BCUT2D eigenvalue weighted by Gasteiger charge is -2.26. The standard InChI is InChI=1S/C18H24N2O3/c21-18(23-12-9-20-7-10-22-11-8-20)6-5-15-13-16-3-1-2-4-17(16)19-14-15/h1-4,14,19H,5-13H2. The topological polar surface area (TPSA) is 50.8 Å². The predicted octanol–water partition coefficient (Wildman–Crippen LogP) is 2.19. The first-order chi connectivity index (χ1) is 11.3. The molecule has 1 N–H and O–H groups in total. The molecule has 3 rings (SSSR count). The van der Waals surface area contributed by atoms with Crippen LogP contribution in [-0.2, 0) is 20.7 Å². The number of nitrogens with zero attached hydrogens (tertiary/aromatic N) is 1. The molecule has 2 aliphatic heterocycles. The number of carbonyl (C=O) groups is 1. The van der Waals surface area contributed by atoms with Gasteiger partial charge in [0.15, 0.2) is 0 Å². The molecule has 1 saturated heterocycles. The highest BCUT2D eigenvalue weighted by Gasteiger charge is 2.13. The maximum Gasteiger partial charge on any atom is 0.306 e. The van der Waals surface area contributed by atoms with E-state index in [1.807, 2.05) is 18.3 Å². The summed E-state index contributed by atoms with van der Waals surface area (Å²) < 4.78 is 10.6. The fourth-order valence-electron chi connectivity index (χ4n) is 2.90. The second-order valence-corrected chi connectivity index (χ2v) is 5.96.